The van der Waals surface area contributed by atoms with E-state index in [0.717, 1.165) is 9.48 Å². The van der Waals surface area contributed by atoms with Gasteiger partial charge in [-0.1, -0.05) is 51.3 Å². The van der Waals surface area contributed by atoms with Crippen molar-refractivity contribution in [2.45, 2.75) is 24.2 Å². The lowest BCUT2D eigenvalue weighted by atomic mass is 9.49. The van der Waals surface area contributed by atoms with Crippen LogP contribution in [0.4, 0.5) is 15.8 Å². The molecule has 0 aromatic heterocycles. The molecular weight excluding hydrogens is 769 g/mol. The number of ether oxygens (including phenoxy) is 2. The molecule has 2 aliphatic heterocycles. The molecule has 2 saturated heterocycles. The second-order valence-corrected chi connectivity index (χ2v) is 15.0. The zero-order valence-electron chi connectivity index (χ0n) is 28.4. The first-order chi connectivity index (χ1) is 25.5. The first-order valence-electron chi connectivity index (χ1n) is 16.9. The second-order valence-electron chi connectivity index (χ2n) is 13.6. The normalized spacial score (nSPS) is 26.2. The van der Waals surface area contributed by atoms with Gasteiger partial charge < -0.3 is 14.6 Å². The molecule has 0 spiro atoms. The monoisotopic (exact) mass is 799 g/mol. The molecule has 1 saturated carbocycles. The van der Waals surface area contributed by atoms with Crippen molar-refractivity contribution in [3.63, 3.8) is 0 Å². The summed E-state index contributed by atoms with van der Waals surface area (Å²) in [6.07, 6.45) is 2.17. The smallest absolute Gasteiger partial charge is 0.260 e. The van der Waals surface area contributed by atoms with Crippen LogP contribution < -0.4 is 19.8 Å². The maximum absolute atomic E-state index is 15.4. The summed E-state index contributed by atoms with van der Waals surface area (Å²) in [6, 6.07) is 21.7. The molecule has 53 heavy (non-hydrogen) atoms. The Bertz CT molecular complexity index is 2190. The number of nitrogens with one attached hydrogen (secondary N) is 1. The predicted molar refractivity (Wildman–Crippen MR) is 197 cm³/mol. The van der Waals surface area contributed by atoms with Gasteiger partial charge in [0.05, 0.1) is 48.8 Å². The highest BCUT2D eigenvalue weighted by molar-refractivity contribution is 9.10. The number of hydrogen-bond acceptors (Lipinski definition) is 8. The lowest BCUT2D eigenvalue weighted by molar-refractivity contribution is -0.138. The number of halogens is 3. The lowest BCUT2D eigenvalue weighted by Gasteiger charge is -2.51. The molecule has 2 aliphatic carbocycles. The zero-order chi connectivity index (χ0) is 37.3. The number of carbonyl (C=O) groups excluding carboxylic acids is 4. The number of carbonyl (C=O) groups is 4. The SMILES string of the molecule is COc1cc(O)cc(OC)c1C1C2=CCC3C(=O)N(c4ccc(Br)cc4)C(=O)C3C2CC2C(=O)N(Nc3ccc(F)cc3)C(=O)C21c1ccc(Cl)cc1. The van der Waals surface area contributed by atoms with Crippen LogP contribution in [-0.4, -0.2) is 48.0 Å². The number of anilines is 2. The molecule has 270 valence electrons. The highest BCUT2D eigenvalue weighted by Crippen LogP contribution is 2.66. The summed E-state index contributed by atoms with van der Waals surface area (Å²) in [4.78, 5) is 60.1. The lowest BCUT2D eigenvalue weighted by Crippen LogP contribution is -2.53. The van der Waals surface area contributed by atoms with Crippen LogP contribution in [0.5, 0.6) is 17.2 Å². The third kappa shape index (κ3) is 5.25. The maximum atomic E-state index is 15.4. The summed E-state index contributed by atoms with van der Waals surface area (Å²) in [5.41, 5.74) is 3.52. The van der Waals surface area contributed by atoms with E-state index < -0.39 is 58.5 Å². The average Bonchev–Trinajstić information content (AvgIpc) is 3.53. The number of allylic oxidation sites excluding steroid dienone is 2. The van der Waals surface area contributed by atoms with Crippen molar-refractivity contribution in [2.75, 3.05) is 24.5 Å². The van der Waals surface area contributed by atoms with Crippen molar-refractivity contribution in [1.82, 2.24) is 5.01 Å². The Morgan fingerprint density at radius 1 is 0.868 bits per heavy atom. The zero-order valence-corrected chi connectivity index (χ0v) is 30.7. The Hall–Kier alpha value is -5.20. The summed E-state index contributed by atoms with van der Waals surface area (Å²) in [6.45, 7) is 0. The summed E-state index contributed by atoms with van der Waals surface area (Å²) in [5, 5.41) is 12.1. The molecule has 4 aromatic rings. The van der Waals surface area contributed by atoms with Crippen molar-refractivity contribution in [3.8, 4) is 17.2 Å². The molecule has 2 N–H and O–H groups in total. The number of methoxy groups -OCH3 is 2. The summed E-state index contributed by atoms with van der Waals surface area (Å²) in [7, 11) is 2.85. The molecule has 0 bridgehead atoms. The van der Waals surface area contributed by atoms with Crippen molar-refractivity contribution >= 4 is 62.5 Å². The third-order valence-electron chi connectivity index (χ3n) is 11.2. The van der Waals surface area contributed by atoms with Gasteiger partial charge in [0, 0.05) is 33.1 Å². The number of rotatable bonds is 7. The fourth-order valence-corrected chi connectivity index (χ4v) is 9.41. The topological polar surface area (TPSA) is 125 Å². The van der Waals surface area contributed by atoms with Gasteiger partial charge in [-0.3, -0.25) is 29.5 Å². The molecule has 3 fully saturated rings. The van der Waals surface area contributed by atoms with Gasteiger partial charge in [0.1, 0.15) is 23.1 Å². The number of nitrogens with zero attached hydrogens (tertiary/aromatic N) is 2. The van der Waals surface area contributed by atoms with Gasteiger partial charge in [0.15, 0.2) is 0 Å². The minimum atomic E-state index is -1.67. The first-order valence-corrected chi connectivity index (χ1v) is 18.1. The predicted octanol–water partition coefficient (Wildman–Crippen LogP) is 7.15. The third-order valence-corrected chi connectivity index (χ3v) is 11.9. The van der Waals surface area contributed by atoms with E-state index in [-0.39, 0.29) is 36.0 Å². The molecule has 4 aliphatic rings. The van der Waals surface area contributed by atoms with Gasteiger partial charge in [0.2, 0.25) is 11.8 Å². The number of phenols is 1. The largest absolute Gasteiger partial charge is 0.508 e. The van der Waals surface area contributed by atoms with Gasteiger partial charge in [-0.2, -0.15) is 5.01 Å². The molecule has 10 nitrogen and oxygen atoms in total. The van der Waals surface area contributed by atoms with E-state index in [0.29, 0.717) is 33.1 Å². The van der Waals surface area contributed by atoms with Gasteiger partial charge >= 0.3 is 0 Å². The van der Waals surface area contributed by atoms with Crippen LogP contribution in [0.15, 0.2) is 101 Å². The van der Waals surface area contributed by atoms with Crippen LogP contribution in [0.1, 0.15) is 29.9 Å². The van der Waals surface area contributed by atoms with Gasteiger partial charge in [-0.05, 0) is 85.0 Å². The van der Waals surface area contributed by atoms with E-state index in [1.807, 2.05) is 6.08 Å². The van der Waals surface area contributed by atoms with E-state index in [2.05, 4.69) is 21.4 Å². The molecule has 4 aromatic carbocycles. The van der Waals surface area contributed by atoms with Crippen molar-refractivity contribution < 1.29 is 38.1 Å². The van der Waals surface area contributed by atoms with Crippen LogP contribution >= 0.6 is 27.5 Å². The highest BCUT2D eigenvalue weighted by Gasteiger charge is 2.71. The molecule has 4 amide bonds. The number of hydrazine groups is 1. The number of fused-ring (bicyclic) bond motifs is 4. The second kappa shape index (κ2) is 13.0. The summed E-state index contributed by atoms with van der Waals surface area (Å²) < 4.78 is 26.5. The molecule has 6 atom stereocenters. The minimum absolute atomic E-state index is 0.0498. The van der Waals surface area contributed by atoms with Crippen LogP contribution in [0, 0.1) is 29.5 Å². The molecule has 0 radical (unpaired) electrons. The van der Waals surface area contributed by atoms with E-state index >= 15 is 4.79 Å². The van der Waals surface area contributed by atoms with E-state index in [1.54, 1.807) is 48.5 Å². The van der Waals surface area contributed by atoms with Gasteiger partial charge in [-0.25, -0.2) is 4.39 Å². The van der Waals surface area contributed by atoms with Gasteiger partial charge in [-0.15, -0.1) is 0 Å². The van der Waals surface area contributed by atoms with Crippen LogP contribution in [-0.2, 0) is 24.6 Å². The number of amides is 4. The highest BCUT2D eigenvalue weighted by atomic mass is 79.9. The average molecular weight is 801 g/mol. The van der Waals surface area contributed by atoms with Crippen LogP contribution in [0.2, 0.25) is 5.02 Å². The van der Waals surface area contributed by atoms with Crippen molar-refractivity contribution in [2.24, 2.45) is 23.7 Å². The Morgan fingerprint density at radius 2 is 1.51 bits per heavy atom. The fraction of sp³-hybridized carbons (Fsp3) is 0.250. The Balaban J connectivity index is 1.37. The molecule has 2 heterocycles. The maximum Gasteiger partial charge on any atom is 0.260 e. The van der Waals surface area contributed by atoms with Crippen molar-refractivity contribution in [3.05, 3.63) is 123 Å². The van der Waals surface area contributed by atoms with Crippen molar-refractivity contribution in [1.29, 1.82) is 0 Å². The minimum Gasteiger partial charge on any atom is -0.508 e. The molecule has 6 unspecified atom stereocenters. The Morgan fingerprint density at radius 3 is 2.13 bits per heavy atom. The summed E-state index contributed by atoms with van der Waals surface area (Å²) in [5.74, 6) is -6.44. The van der Waals surface area contributed by atoms with E-state index in [9.17, 15) is 23.9 Å². The number of hydrogen-bond donors (Lipinski definition) is 2. The molecule has 8 rings (SSSR count). The quantitative estimate of drug-likeness (QED) is 0.149. The Kier molecular flexibility index (Phi) is 8.57. The van der Waals surface area contributed by atoms with Crippen LogP contribution in [0.3, 0.4) is 0 Å². The molecule has 13 heteroatoms. The summed E-state index contributed by atoms with van der Waals surface area (Å²) >= 11 is 9.80. The number of phenolic OH excluding ortho intramolecular Hbond substituents is 1. The first kappa shape index (κ1) is 34.9. The Labute approximate surface area is 317 Å². The standard InChI is InChI=1S/C40H32BrClFN3O7/c1-52-31-17-26(47)18-32(53-2)34(31)35-27-15-16-28-33(38(50)45(36(28)48)25-13-5-21(41)6-14-25)29(27)19-30-37(49)46(44-24-11-9-23(43)10-12-24)39(51)40(30,35)20-3-7-22(42)8-4-20/h3-15,17-18,28-30,33,35,44,47H,16,19H2,1-2H3. The molecular formula is C40H32BrClFN3O7. The van der Waals surface area contributed by atoms with E-state index in [1.165, 1.54) is 55.5 Å². The van der Waals surface area contributed by atoms with E-state index in [4.69, 9.17) is 21.1 Å². The number of imide groups is 2. The fourth-order valence-electron chi connectivity index (χ4n) is 9.02. The number of aromatic hydroxyl groups is 1. The van der Waals surface area contributed by atoms with Crippen LogP contribution in [0.25, 0.3) is 0 Å². The number of benzene rings is 4. The van der Waals surface area contributed by atoms with Gasteiger partial charge in [0.25, 0.3) is 11.8 Å².